The third kappa shape index (κ3) is 5.42. The molecule has 0 aliphatic heterocycles. The maximum absolute atomic E-state index is 12.0. The van der Waals surface area contributed by atoms with Gasteiger partial charge in [0.2, 0.25) is 5.91 Å². The Labute approximate surface area is 158 Å². The molecule has 140 valence electrons. The number of thiazole rings is 1. The largest absolute Gasteiger partial charge is 0.302 e. The summed E-state index contributed by atoms with van der Waals surface area (Å²) >= 11 is 1.40. The maximum atomic E-state index is 12.0. The Morgan fingerprint density at radius 1 is 1.19 bits per heavy atom. The van der Waals surface area contributed by atoms with Gasteiger partial charge in [0.05, 0.1) is 16.3 Å². The Morgan fingerprint density at radius 3 is 2.58 bits per heavy atom. The minimum Gasteiger partial charge on any atom is -0.302 e. The lowest BCUT2D eigenvalue weighted by atomic mass is 9.95. The van der Waals surface area contributed by atoms with Crippen molar-refractivity contribution in [2.75, 3.05) is 5.32 Å². The molecule has 7 heteroatoms. The van der Waals surface area contributed by atoms with E-state index in [1.165, 1.54) is 11.3 Å². The fourth-order valence-corrected chi connectivity index (χ4v) is 3.29. The van der Waals surface area contributed by atoms with E-state index in [4.69, 9.17) is 0 Å². The van der Waals surface area contributed by atoms with Crippen molar-refractivity contribution in [3.8, 4) is 10.6 Å². The number of hydrogen-bond donors (Lipinski definition) is 1. The van der Waals surface area contributed by atoms with Crippen LogP contribution in [0.25, 0.3) is 10.6 Å². The van der Waals surface area contributed by atoms with E-state index in [0.717, 1.165) is 22.1 Å². The summed E-state index contributed by atoms with van der Waals surface area (Å²) in [6, 6.07) is 1.86. The third-order valence-corrected chi connectivity index (χ3v) is 4.95. The van der Waals surface area contributed by atoms with Crippen molar-refractivity contribution in [3.05, 3.63) is 23.8 Å². The molecule has 0 atom stereocenters. The number of carbonyl (C=O) groups is 2. The molecule has 0 spiro atoms. The second kappa shape index (κ2) is 8.49. The van der Waals surface area contributed by atoms with Crippen LogP contribution in [0.3, 0.4) is 0 Å². The molecule has 0 saturated heterocycles. The van der Waals surface area contributed by atoms with Crippen LogP contribution in [0.15, 0.2) is 12.3 Å². The van der Waals surface area contributed by atoms with E-state index in [0.29, 0.717) is 30.8 Å². The zero-order chi connectivity index (χ0) is 19.3. The Morgan fingerprint density at radius 2 is 1.92 bits per heavy atom. The van der Waals surface area contributed by atoms with E-state index in [1.54, 1.807) is 6.20 Å². The summed E-state index contributed by atoms with van der Waals surface area (Å²) in [6.07, 6.45) is 3.61. The van der Waals surface area contributed by atoms with Gasteiger partial charge in [-0.15, -0.1) is 0 Å². The average Bonchev–Trinajstić information content (AvgIpc) is 2.94. The molecule has 2 rings (SSSR count). The molecule has 26 heavy (non-hydrogen) atoms. The summed E-state index contributed by atoms with van der Waals surface area (Å²) in [5.74, 6) is 0.838. The van der Waals surface area contributed by atoms with Gasteiger partial charge < -0.3 is 5.32 Å². The van der Waals surface area contributed by atoms with Crippen molar-refractivity contribution in [1.82, 2.24) is 15.0 Å². The first-order chi connectivity index (χ1) is 12.2. The van der Waals surface area contributed by atoms with Crippen molar-refractivity contribution >= 4 is 28.2 Å². The fraction of sp³-hybridized carbons (Fsp3) is 0.526. The van der Waals surface area contributed by atoms with Crippen molar-refractivity contribution in [2.24, 2.45) is 0 Å². The topological polar surface area (TPSA) is 84.8 Å². The molecule has 2 aromatic heterocycles. The molecule has 0 aromatic carbocycles. The van der Waals surface area contributed by atoms with Gasteiger partial charge in [-0.3, -0.25) is 9.59 Å². The Balaban J connectivity index is 2.07. The van der Waals surface area contributed by atoms with Gasteiger partial charge in [-0.2, -0.15) is 0 Å². The normalized spacial score (nSPS) is 11.4. The van der Waals surface area contributed by atoms with Crippen LogP contribution >= 0.6 is 11.3 Å². The van der Waals surface area contributed by atoms with Crippen LogP contribution in [0.5, 0.6) is 0 Å². The number of Topliss-reactive ketones (excluding diaryl/α,β-unsaturated/α-hetero) is 1. The predicted molar refractivity (Wildman–Crippen MR) is 104 cm³/mol. The number of amides is 1. The van der Waals surface area contributed by atoms with Crippen LogP contribution in [0.2, 0.25) is 0 Å². The Bertz CT molecular complexity index is 793. The predicted octanol–water partition coefficient (Wildman–Crippen LogP) is 4.29. The highest BCUT2D eigenvalue weighted by Crippen LogP contribution is 2.32. The fourth-order valence-electron chi connectivity index (χ4n) is 2.34. The van der Waals surface area contributed by atoms with Crippen LogP contribution in [-0.2, 0) is 15.0 Å². The molecule has 0 fully saturated rings. The third-order valence-electron chi connectivity index (χ3n) is 3.86. The number of aryl methyl sites for hydroxylation is 1. The second-order valence-corrected chi connectivity index (χ2v) is 8.24. The van der Waals surface area contributed by atoms with E-state index < -0.39 is 0 Å². The molecular weight excluding hydrogens is 348 g/mol. The van der Waals surface area contributed by atoms with Gasteiger partial charge >= 0.3 is 0 Å². The molecule has 1 N–H and O–H groups in total. The molecule has 0 unspecified atom stereocenters. The molecule has 0 saturated carbocycles. The maximum Gasteiger partial charge on any atom is 0.226 e. The van der Waals surface area contributed by atoms with Gasteiger partial charge in [-0.1, -0.05) is 39.0 Å². The summed E-state index contributed by atoms with van der Waals surface area (Å²) in [5, 5.41) is 3.38. The molecule has 2 aromatic rings. The van der Waals surface area contributed by atoms with Gasteiger partial charge in [0.25, 0.3) is 0 Å². The number of rotatable bonds is 7. The highest BCUT2D eigenvalue weighted by molar-refractivity contribution is 7.19. The monoisotopic (exact) mass is 374 g/mol. The summed E-state index contributed by atoms with van der Waals surface area (Å²) in [5.41, 5.74) is 1.50. The zero-order valence-electron chi connectivity index (χ0n) is 16.0. The van der Waals surface area contributed by atoms with Crippen molar-refractivity contribution in [1.29, 1.82) is 0 Å². The molecule has 0 radical (unpaired) electrons. The Hall–Kier alpha value is -2.15. The molecule has 1 amide bonds. The van der Waals surface area contributed by atoms with Gasteiger partial charge in [0, 0.05) is 30.9 Å². The van der Waals surface area contributed by atoms with E-state index in [9.17, 15) is 9.59 Å². The summed E-state index contributed by atoms with van der Waals surface area (Å²) < 4.78 is 0. The van der Waals surface area contributed by atoms with Crippen molar-refractivity contribution < 1.29 is 9.59 Å². The summed E-state index contributed by atoms with van der Waals surface area (Å²) in [6.45, 7) is 9.95. The zero-order valence-corrected chi connectivity index (χ0v) is 16.9. The quantitative estimate of drug-likeness (QED) is 0.781. The summed E-state index contributed by atoms with van der Waals surface area (Å²) in [4.78, 5) is 37.7. The van der Waals surface area contributed by atoms with E-state index >= 15 is 0 Å². The first-order valence-corrected chi connectivity index (χ1v) is 9.65. The van der Waals surface area contributed by atoms with Crippen LogP contribution in [0.1, 0.15) is 64.9 Å². The number of nitrogens with one attached hydrogen (secondary N) is 1. The molecule has 0 aliphatic rings. The standard InChI is InChI=1S/C19H26N4O2S/c1-6-13(24)8-7-9-15(25)23-18-21-12(2)16(26-18)14-10-11-20-17(22-14)19(3,4)5/h10-11H,6-9H2,1-5H3,(H,21,23,25). The van der Waals surface area contributed by atoms with Crippen LogP contribution in [0, 0.1) is 6.92 Å². The van der Waals surface area contributed by atoms with Crippen LogP contribution in [-0.4, -0.2) is 26.6 Å². The molecule has 0 aliphatic carbocycles. The van der Waals surface area contributed by atoms with Gasteiger partial charge in [0.1, 0.15) is 11.6 Å². The number of anilines is 1. The number of nitrogens with zero attached hydrogens (tertiary/aromatic N) is 3. The highest BCUT2D eigenvalue weighted by atomic mass is 32.1. The van der Waals surface area contributed by atoms with E-state index in [-0.39, 0.29) is 17.1 Å². The number of hydrogen-bond acceptors (Lipinski definition) is 6. The van der Waals surface area contributed by atoms with Crippen LogP contribution in [0.4, 0.5) is 5.13 Å². The van der Waals surface area contributed by atoms with E-state index in [2.05, 4.69) is 41.0 Å². The van der Waals surface area contributed by atoms with Crippen molar-refractivity contribution in [2.45, 2.75) is 65.7 Å². The lowest BCUT2D eigenvalue weighted by Gasteiger charge is -2.16. The summed E-state index contributed by atoms with van der Waals surface area (Å²) in [7, 11) is 0. The average molecular weight is 375 g/mol. The molecule has 6 nitrogen and oxygen atoms in total. The number of carbonyl (C=O) groups excluding carboxylic acids is 2. The Kier molecular flexibility index (Phi) is 6.58. The number of ketones is 1. The second-order valence-electron chi connectivity index (χ2n) is 7.24. The van der Waals surface area contributed by atoms with Crippen molar-refractivity contribution in [3.63, 3.8) is 0 Å². The first kappa shape index (κ1) is 20.2. The minimum absolute atomic E-state index is 0.118. The lowest BCUT2D eigenvalue weighted by Crippen LogP contribution is -2.15. The highest BCUT2D eigenvalue weighted by Gasteiger charge is 2.19. The van der Waals surface area contributed by atoms with Gasteiger partial charge in [-0.05, 0) is 19.4 Å². The number of aromatic nitrogens is 3. The van der Waals surface area contributed by atoms with Gasteiger partial charge in [-0.25, -0.2) is 15.0 Å². The first-order valence-electron chi connectivity index (χ1n) is 8.83. The SMILES string of the molecule is CCC(=O)CCCC(=O)Nc1nc(C)c(-c2ccnc(C(C)(C)C)n2)s1. The molecule has 2 heterocycles. The molecular formula is C19H26N4O2S. The van der Waals surface area contributed by atoms with E-state index in [1.807, 2.05) is 19.9 Å². The minimum atomic E-state index is -0.137. The smallest absolute Gasteiger partial charge is 0.226 e. The van der Waals surface area contributed by atoms with Gasteiger partial charge in [0.15, 0.2) is 5.13 Å². The lowest BCUT2D eigenvalue weighted by molar-refractivity contribution is -0.119. The van der Waals surface area contributed by atoms with Crippen LogP contribution < -0.4 is 5.32 Å². The molecule has 0 bridgehead atoms.